The molecule has 1 aromatic heterocycles. The number of hydrogen-bond acceptors (Lipinski definition) is 8. The predicted molar refractivity (Wildman–Crippen MR) is 152 cm³/mol. The van der Waals surface area contributed by atoms with Crippen molar-refractivity contribution in [2.75, 3.05) is 37.4 Å². The molecule has 3 N–H and O–H groups in total. The van der Waals surface area contributed by atoms with Crippen molar-refractivity contribution in [1.29, 1.82) is 0 Å². The Bertz CT molecular complexity index is 1490. The molecule has 13 heteroatoms. The van der Waals surface area contributed by atoms with Crippen molar-refractivity contribution < 1.29 is 32.4 Å². The summed E-state index contributed by atoms with van der Waals surface area (Å²) >= 11 is 0. The molecule has 0 aliphatic carbocycles. The first-order chi connectivity index (χ1) is 19.4. The molecule has 4 rings (SSSR count). The number of nitrogens with zero attached hydrogens (tertiary/aromatic N) is 3. The maximum atomic E-state index is 13.7. The minimum Gasteiger partial charge on any atom is -0.486 e. The van der Waals surface area contributed by atoms with Crippen molar-refractivity contribution in [3.8, 4) is 5.75 Å². The van der Waals surface area contributed by atoms with E-state index in [0.29, 0.717) is 17.1 Å². The molecule has 3 aromatic rings. The van der Waals surface area contributed by atoms with E-state index in [-0.39, 0.29) is 53.4 Å². The summed E-state index contributed by atoms with van der Waals surface area (Å²) in [6, 6.07) is 11.7. The number of aromatic nitrogens is 1. The second-order valence-corrected chi connectivity index (χ2v) is 12.2. The summed E-state index contributed by atoms with van der Waals surface area (Å²) in [6.45, 7) is 6.85. The van der Waals surface area contributed by atoms with Crippen molar-refractivity contribution in [2.24, 2.45) is 5.92 Å². The number of aliphatic hydroxyl groups is 1. The van der Waals surface area contributed by atoms with Crippen molar-refractivity contribution in [3.63, 3.8) is 0 Å². The zero-order valence-electron chi connectivity index (χ0n) is 23.6. The fraction of sp³-hybridized carbons (Fsp3) is 0.393. The van der Waals surface area contributed by atoms with Gasteiger partial charge in [0.25, 0.3) is 5.91 Å². The van der Waals surface area contributed by atoms with Crippen LogP contribution in [0.25, 0.3) is 0 Å². The highest BCUT2D eigenvalue weighted by atomic mass is 32.2. The summed E-state index contributed by atoms with van der Waals surface area (Å²) in [6.07, 6.45) is -0.715. The van der Waals surface area contributed by atoms with Gasteiger partial charge in [0.05, 0.1) is 35.3 Å². The molecule has 12 nitrogen and oxygen atoms in total. The minimum atomic E-state index is -3.83. The fourth-order valence-electron chi connectivity index (χ4n) is 4.61. The van der Waals surface area contributed by atoms with E-state index in [4.69, 9.17) is 9.26 Å². The third kappa shape index (κ3) is 6.37. The highest BCUT2D eigenvalue weighted by Crippen LogP contribution is 2.35. The Labute approximate surface area is 239 Å². The second-order valence-electron chi connectivity index (χ2n) is 10.2. The molecule has 0 saturated carbocycles. The molecule has 0 spiro atoms. The molecular weight excluding hydrogens is 550 g/mol. The molecule has 41 heavy (non-hydrogen) atoms. The van der Waals surface area contributed by atoms with Crippen LogP contribution in [0.1, 0.15) is 35.7 Å². The van der Waals surface area contributed by atoms with Crippen molar-refractivity contribution in [2.45, 2.75) is 44.7 Å². The predicted octanol–water partition coefficient (Wildman–Crippen LogP) is 3.48. The standard InChI is InChI=1S/C28H35N5O7S/c1-17-14-33(18(2)16-34)27(35)22-12-9-13-23(29-28(36)30-25-19(3)31-40-20(25)4)26(22)39-24(17)15-32(5)41(37,38)21-10-7-6-8-11-21/h6-13,17-18,24,34H,14-16H2,1-5H3,(H2,29,30,36)/t17-,18+,24-/m1/s1. The van der Waals surface area contributed by atoms with Gasteiger partial charge in [-0.15, -0.1) is 0 Å². The van der Waals surface area contributed by atoms with Gasteiger partial charge in [-0.1, -0.05) is 36.3 Å². The molecule has 3 amide bonds. The number of benzene rings is 2. The van der Waals surface area contributed by atoms with Crippen LogP contribution in [0, 0.1) is 19.8 Å². The summed E-state index contributed by atoms with van der Waals surface area (Å²) in [7, 11) is -2.36. The highest BCUT2D eigenvalue weighted by molar-refractivity contribution is 7.89. The van der Waals surface area contributed by atoms with Crippen molar-refractivity contribution in [3.05, 3.63) is 65.5 Å². The number of ether oxygens (including phenoxy) is 1. The third-order valence-electron chi connectivity index (χ3n) is 7.10. The van der Waals surface area contributed by atoms with Gasteiger partial charge in [0.1, 0.15) is 17.5 Å². The third-order valence-corrected chi connectivity index (χ3v) is 8.94. The summed E-state index contributed by atoms with van der Waals surface area (Å²) in [5.74, 6) is -0.202. The maximum Gasteiger partial charge on any atom is 0.323 e. The van der Waals surface area contributed by atoms with E-state index in [2.05, 4.69) is 15.8 Å². The molecular formula is C28H35N5O7S. The molecule has 1 aliphatic heterocycles. The number of carbonyl (C=O) groups is 2. The lowest BCUT2D eigenvalue weighted by atomic mass is 9.99. The smallest absolute Gasteiger partial charge is 0.323 e. The highest BCUT2D eigenvalue weighted by Gasteiger charge is 2.36. The Balaban J connectivity index is 1.70. The van der Waals surface area contributed by atoms with Crippen LogP contribution < -0.4 is 15.4 Å². The van der Waals surface area contributed by atoms with E-state index in [1.54, 1.807) is 62.1 Å². The van der Waals surface area contributed by atoms with Crippen LogP contribution in [0.4, 0.5) is 16.2 Å². The average Bonchev–Trinajstić information content (AvgIpc) is 3.27. The number of sulfonamides is 1. The van der Waals surface area contributed by atoms with Gasteiger partial charge in [-0.25, -0.2) is 13.2 Å². The number of anilines is 2. The van der Waals surface area contributed by atoms with Crippen LogP contribution in [0.15, 0.2) is 57.9 Å². The lowest BCUT2D eigenvalue weighted by Gasteiger charge is -2.38. The van der Waals surface area contributed by atoms with Crippen molar-refractivity contribution in [1.82, 2.24) is 14.4 Å². The first-order valence-corrected chi connectivity index (χ1v) is 14.6. The van der Waals surface area contributed by atoms with Gasteiger partial charge in [0.2, 0.25) is 10.0 Å². The molecule has 0 unspecified atom stereocenters. The lowest BCUT2D eigenvalue weighted by molar-refractivity contribution is 0.0389. The van der Waals surface area contributed by atoms with Gasteiger partial charge in [0.15, 0.2) is 11.5 Å². The maximum absolute atomic E-state index is 13.7. The summed E-state index contributed by atoms with van der Waals surface area (Å²) in [4.78, 5) is 28.3. The van der Waals surface area contributed by atoms with E-state index in [1.807, 2.05) is 6.92 Å². The monoisotopic (exact) mass is 585 g/mol. The second kappa shape index (κ2) is 12.3. The Morgan fingerprint density at radius 3 is 2.51 bits per heavy atom. The van der Waals surface area contributed by atoms with Gasteiger partial charge in [-0.3, -0.25) is 4.79 Å². The van der Waals surface area contributed by atoms with Crippen LogP contribution in [0.3, 0.4) is 0 Å². The Kier molecular flexibility index (Phi) is 9.00. The molecule has 2 aromatic carbocycles. The fourth-order valence-corrected chi connectivity index (χ4v) is 5.82. The number of nitrogens with one attached hydrogen (secondary N) is 2. The molecule has 3 atom stereocenters. The molecule has 220 valence electrons. The number of urea groups is 1. The first kappa shape index (κ1) is 30.0. The van der Waals surface area contributed by atoms with Crippen LogP contribution in [-0.4, -0.2) is 78.7 Å². The van der Waals surface area contributed by atoms with Gasteiger partial charge < -0.3 is 29.9 Å². The SMILES string of the molecule is Cc1noc(C)c1NC(=O)Nc1cccc2c1O[C@H](CN(C)S(=O)(=O)c1ccccc1)[C@H](C)CN([C@@H](C)CO)C2=O. The summed E-state index contributed by atoms with van der Waals surface area (Å²) < 4.78 is 39.3. The van der Waals surface area contributed by atoms with Gasteiger partial charge in [-0.05, 0) is 45.0 Å². The average molecular weight is 586 g/mol. The lowest BCUT2D eigenvalue weighted by Crippen LogP contribution is -2.50. The molecule has 0 bridgehead atoms. The van der Waals surface area contributed by atoms with E-state index in [9.17, 15) is 23.1 Å². The van der Waals surface area contributed by atoms with Crippen molar-refractivity contribution >= 4 is 33.3 Å². The topological polar surface area (TPSA) is 154 Å². The minimum absolute atomic E-state index is 0.0347. The van der Waals surface area contributed by atoms with Crippen LogP contribution >= 0.6 is 0 Å². The largest absolute Gasteiger partial charge is 0.486 e. The summed E-state index contributed by atoms with van der Waals surface area (Å²) in [5, 5.41) is 19.2. The zero-order chi connectivity index (χ0) is 29.9. The number of fused-ring (bicyclic) bond motifs is 1. The van der Waals surface area contributed by atoms with E-state index in [0.717, 1.165) is 0 Å². The number of rotatable bonds is 8. The van der Waals surface area contributed by atoms with Gasteiger partial charge in [-0.2, -0.15) is 4.31 Å². The summed E-state index contributed by atoms with van der Waals surface area (Å²) in [5.41, 5.74) is 1.30. The Morgan fingerprint density at radius 1 is 1.17 bits per heavy atom. The Morgan fingerprint density at radius 2 is 1.88 bits per heavy atom. The van der Waals surface area contributed by atoms with Crippen LogP contribution in [0.2, 0.25) is 0 Å². The number of hydrogen-bond donors (Lipinski definition) is 3. The quantitative estimate of drug-likeness (QED) is 0.363. The number of amides is 3. The van der Waals surface area contributed by atoms with E-state index < -0.39 is 28.2 Å². The van der Waals surface area contributed by atoms with Crippen LogP contribution in [-0.2, 0) is 10.0 Å². The van der Waals surface area contributed by atoms with E-state index in [1.165, 1.54) is 23.5 Å². The number of likely N-dealkylation sites (N-methyl/N-ethyl adjacent to an activating group) is 1. The number of carbonyl (C=O) groups excluding carboxylic acids is 2. The molecule has 2 heterocycles. The van der Waals surface area contributed by atoms with Crippen LogP contribution in [0.5, 0.6) is 5.75 Å². The molecule has 1 aliphatic rings. The number of para-hydroxylation sites is 1. The van der Waals surface area contributed by atoms with Gasteiger partial charge >= 0.3 is 6.03 Å². The van der Waals surface area contributed by atoms with Gasteiger partial charge in [0, 0.05) is 19.5 Å². The Hall–Kier alpha value is -3.94. The molecule has 0 fully saturated rings. The molecule has 0 saturated heterocycles. The molecule has 0 radical (unpaired) electrons. The first-order valence-electron chi connectivity index (χ1n) is 13.2. The number of aryl methyl sites for hydroxylation is 2. The number of aliphatic hydroxyl groups excluding tert-OH is 1. The zero-order valence-corrected chi connectivity index (χ0v) is 24.4. The van der Waals surface area contributed by atoms with E-state index >= 15 is 0 Å². The normalized spacial score (nSPS) is 18.2.